The molecule has 1 fully saturated rings. The van der Waals surface area contributed by atoms with Crippen LogP contribution in [0, 0.1) is 0 Å². The predicted molar refractivity (Wildman–Crippen MR) is 102 cm³/mol. The zero-order valence-electron chi connectivity index (χ0n) is 15.7. The van der Waals surface area contributed by atoms with E-state index in [1.165, 1.54) is 22.3 Å². The van der Waals surface area contributed by atoms with E-state index in [4.69, 9.17) is 4.74 Å². The van der Waals surface area contributed by atoms with Crippen LogP contribution < -0.4 is 0 Å². The second-order valence-electron chi connectivity index (χ2n) is 8.42. The summed E-state index contributed by atoms with van der Waals surface area (Å²) in [4.78, 5) is 0. The minimum Gasteiger partial charge on any atom is -0.373 e. The van der Waals surface area contributed by atoms with Gasteiger partial charge in [0.1, 0.15) is 0 Å². The average molecular weight is 322 g/mol. The average Bonchev–Trinajstić information content (AvgIpc) is 3.32. The predicted octanol–water partition coefficient (Wildman–Crippen LogP) is 6.18. The van der Waals surface area contributed by atoms with E-state index in [0.29, 0.717) is 17.9 Å². The molecular weight excluding hydrogens is 292 g/mol. The van der Waals surface area contributed by atoms with Crippen molar-refractivity contribution in [3.05, 3.63) is 70.8 Å². The van der Waals surface area contributed by atoms with Crippen molar-refractivity contribution < 1.29 is 4.74 Å². The van der Waals surface area contributed by atoms with Gasteiger partial charge in [0.15, 0.2) is 0 Å². The molecule has 0 aromatic heterocycles. The van der Waals surface area contributed by atoms with E-state index >= 15 is 0 Å². The molecular formula is C23H30O. The third-order valence-corrected chi connectivity index (χ3v) is 5.07. The summed E-state index contributed by atoms with van der Waals surface area (Å²) in [7, 11) is 0. The largest absolute Gasteiger partial charge is 0.373 e. The van der Waals surface area contributed by atoms with E-state index < -0.39 is 0 Å². The van der Waals surface area contributed by atoms with Gasteiger partial charge in [0.05, 0.1) is 12.7 Å². The lowest BCUT2D eigenvalue weighted by Gasteiger charge is -2.19. The molecule has 1 aliphatic rings. The molecule has 3 rings (SSSR count). The fourth-order valence-corrected chi connectivity index (χ4v) is 3.36. The Morgan fingerprint density at radius 3 is 2.29 bits per heavy atom. The number of hydrogen-bond donors (Lipinski definition) is 0. The monoisotopic (exact) mass is 322 g/mol. The van der Waals surface area contributed by atoms with Crippen molar-refractivity contribution in [3.8, 4) is 0 Å². The maximum Gasteiger partial charge on any atom is 0.0723 e. The fraction of sp³-hybridized carbons (Fsp3) is 0.478. The molecule has 0 N–H and O–H groups in total. The molecule has 0 spiro atoms. The Kier molecular flexibility index (Phi) is 4.83. The molecule has 2 unspecified atom stereocenters. The first-order valence-electron chi connectivity index (χ1n) is 9.16. The Bertz CT molecular complexity index is 676. The van der Waals surface area contributed by atoms with Gasteiger partial charge in [-0.05, 0) is 40.0 Å². The third kappa shape index (κ3) is 3.89. The quantitative estimate of drug-likeness (QED) is 0.638. The van der Waals surface area contributed by atoms with Crippen molar-refractivity contribution in [1.29, 1.82) is 0 Å². The minimum atomic E-state index is 0.221. The number of rotatable bonds is 5. The molecule has 0 saturated heterocycles. The summed E-state index contributed by atoms with van der Waals surface area (Å²) in [6.07, 6.45) is 1.53. The lowest BCUT2D eigenvalue weighted by Crippen LogP contribution is -2.10. The van der Waals surface area contributed by atoms with Crippen molar-refractivity contribution in [2.75, 3.05) is 0 Å². The maximum atomic E-state index is 6.19. The van der Waals surface area contributed by atoms with Gasteiger partial charge in [0.25, 0.3) is 0 Å². The molecule has 128 valence electrons. The molecule has 1 heteroatoms. The van der Waals surface area contributed by atoms with E-state index in [1.807, 2.05) is 0 Å². The summed E-state index contributed by atoms with van der Waals surface area (Å²) in [5, 5.41) is 0. The van der Waals surface area contributed by atoms with Gasteiger partial charge in [-0.3, -0.25) is 0 Å². The van der Waals surface area contributed by atoms with Gasteiger partial charge in [-0.2, -0.15) is 0 Å². The summed E-state index contributed by atoms with van der Waals surface area (Å²) in [6, 6.07) is 17.8. The summed E-state index contributed by atoms with van der Waals surface area (Å²) >= 11 is 0. The summed E-state index contributed by atoms with van der Waals surface area (Å²) in [6.45, 7) is 12.0. The van der Waals surface area contributed by atoms with Crippen LogP contribution in [0.15, 0.2) is 48.5 Å². The highest BCUT2D eigenvalue weighted by molar-refractivity contribution is 5.33. The molecule has 0 heterocycles. The highest BCUT2D eigenvalue weighted by Gasteiger charge is 2.39. The molecule has 1 aliphatic carbocycles. The van der Waals surface area contributed by atoms with Gasteiger partial charge in [-0.25, -0.2) is 0 Å². The first kappa shape index (κ1) is 17.2. The maximum absolute atomic E-state index is 6.19. The van der Waals surface area contributed by atoms with Crippen LogP contribution in [0.5, 0.6) is 0 Å². The van der Waals surface area contributed by atoms with E-state index in [2.05, 4.69) is 83.1 Å². The summed E-state index contributed by atoms with van der Waals surface area (Å²) in [5.74, 6) is 1.12. The lowest BCUT2D eigenvalue weighted by molar-refractivity contribution is 0.101. The van der Waals surface area contributed by atoms with Gasteiger partial charge in [0, 0.05) is 5.92 Å². The third-order valence-electron chi connectivity index (χ3n) is 5.07. The number of ether oxygens (including phenoxy) is 1. The summed E-state index contributed by atoms with van der Waals surface area (Å²) < 4.78 is 6.19. The molecule has 1 saturated carbocycles. The van der Waals surface area contributed by atoms with Gasteiger partial charge in [0.2, 0.25) is 0 Å². The van der Waals surface area contributed by atoms with Gasteiger partial charge in [-0.1, -0.05) is 83.1 Å². The second-order valence-corrected chi connectivity index (χ2v) is 8.42. The van der Waals surface area contributed by atoms with Crippen LogP contribution in [0.3, 0.4) is 0 Å². The summed E-state index contributed by atoms with van der Waals surface area (Å²) in [5.41, 5.74) is 5.78. The van der Waals surface area contributed by atoms with Crippen molar-refractivity contribution >= 4 is 0 Å². The normalized spacial score (nSPS) is 20.4. The highest BCUT2D eigenvalue weighted by Crippen LogP contribution is 2.44. The topological polar surface area (TPSA) is 9.23 Å². The highest BCUT2D eigenvalue weighted by atomic mass is 16.5. The van der Waals surface area contributed by atoms with E-state index in [1.54, 1.807) is 0 Å². The molecule has 2 atom stereocenters. The Labute approximate surface area is 147 Å². The molecule has 2 aromatic carbocycles. The van der Waals surface area contributed by atoms with E-state index in [0.717, 1.165) is 13.0 Å². The Hall–Kier alpha value is -1.60. The van der Waals surface area contributed by atoms with Crippen molar-refractivity contribution in [2.45, 2.75) is 71.0 Å². The smallest absolute Gasteiger partial charge is 0.0723 e. The van der Waals surface area contributed by atoms with Crippen LogP contribution in [0.4, 0.5) is 0 Å². The van der Waals surface area contributed by atoms with Crippen molar-refractivity contribution in [3.63, 3.8) is 0 Å². The van der Waals surface area contributed by atoms with Crippen LogP contribution >= 0.6 is 0 Å². The number of benzene rings is 2. The number of hydrogen-bond acceptors (Lipinski definition) is 1. The lowest BCUT2D eigenvalue weighted by atomic mass is 9.86. The minimum absolute atomic E-state index is 0.221. The van der Waals surface area contributed by atoms with Gasteiger partial charge in [-0.15, -0.1) is 0 Å². The first-order valence-corrected chi connectivity index (χ1v) is 9.16. The Morgan fingerprint density at radius 1 is 1.00 bits per heavy atom. The van der Waals surface area contributed by atoms with E-state index in [-0.39, 0.29) is 5.41 Å². The van der Waals surface area contributed by atoms with Crippen LogP contribution in [0.1, 0.15) is 75.1 Å². The van der Waals surface area contributed by atoms with E-state index in [9.17, 15) is 0 Å². The molecule has 0 aliphatic heterocycles. The second kappa shape index (κ2) is 6.72. The SMILES string of the molecule is CC(C)c1ccccc1COC1CC1c1ccc(C(C)(C)C)cc1. The zero-order valence-corrected chi connectivity index (χ0v) is 15.7. The standard InChI is InChI=1S/C23H30O/c1-16(2)20-9-7-6-8-18(20)15-24-22-14-21(22)17-10-12-19(13-11-17)23(3,4)5/h6-13,16,21-22H,14-15H2,1-5H3. The molecule has 0 radical (unpaired) electrons. The molecule has 2 aromatic rings. The van der Waals surface area contributed by atoms with Gasteiger partial charge < -0.3 is 4.74 Å². The Balaban J connectivity index is 1.59. The van der Waals surface area contributed by atoms with Crippen molar-refractivity contribution in [1.82, 2.24) is 0 Å². The zero-order chi connectivity index (χ0) is 17.3. The molecule has 0 bridgehead atoms. The molecule has 1 nitrogen and oxygen atoms in total. The first-order chi connectivity index (χ1) is 11.4. The van der Waals surface area contributed by atoms with Crippen LogP contribution in [-0.4, -0.2) is 6.10 Å². The Morgan fingerprint density at radius 2 is 1.67 bits per heavy atom. The van der Waals surface area contributed by atoms with Gasteiger partial charge >= 0.3 is 0 Å². The molecule has 24 heavy (non-hydrogen) atoms. The fourth-order valence-electron chi connectivity index (χ4n) is 3.36. The van der Waals surface area contributed by atoms with Crippen LogP contribution in [-0.2, 0) is 16.8 Å². The van der Waals surface area contributed by atoms with Crippen LogP contribution in [0.25, 0.3) is 0 Å². The molecule has 0 amide bonds. The van der Waals surface area contributed by atoms with Crippen molar-refractivity contribution in [2.24, 2.45) is 0 Å². The van der Waals surface area contributed by atoms with Crippen LogP contribution in [0.2, 0.25) is 0 Å².